The smallest absolute Gasteiger partial charge is 0.282 e. The minimum absolute atomic E-state index is 0.0141. The van der Waals surface area contributed by atoms with Gasteiger partial charge in [-0.05, 0) is 61.9 Å². The van der Waals surface area contributed by atoms with E-state index in [9.17, 15) is 36.0 Å². The van der Waals surface area contributed by atoms with Gasteiger partial charge in [0.15, 0.2) is 5.82 Å². The number of allylic oxidation sites excluding steroid dienone is 2. The number of nitrogens with zero attached hydrogens (tertiary/aromatic N) is 6. The standard InChI is InChI=1S/C27H20N6O7S2/c1-15-3-6-18(7-4-15)31-32-19-8-5-17(24(11-19)42(38,39)40)14-29-25-16(2)21(13-28)26-30-22-12-20(41(35,36)37)9-10-23(22)33(26)27(25)34/h3-12H,14H2,1-2H3,(H,35,36,37)(H,38,39,40). The average Bonchev–Trinajstić information content (AvgIpc) is 3.31. The summed E-state index contributed by atoms with van der Waals surface area (Å²) in [7, 11) is -9.27. The van der Waals surface area contributed by atoms with Crippen molar-refractivity contribution in [3.63, 3.8) is 0 Å². The largest absolute Gasteiger partial charge is 0.294 e. The van der Waals surface area contributed by atoms with Gasteiger partial charge < -0.3 is 0 Å². The predicted octanol–water partition coefficient (Wildman–Crippen LogP) is 4.85. The Balaban J connectivity index is 1.54. The van der Waals surface area contributed by atoms with Gasteiger partial charge in [-0.1, -0.05) is 23.8 Å². The Morgan fingerprint density at radius 1 is 0.905 bits per heavy atom. The molecule has 0 saturated heterocycles. The molecule has 1 aliphatic rings. The van der Waals surface area contributed by atoms with Crippen LogP contribution in [0, 0.1) is 18.3 Å². The highest BCUT2D eigenvalue weighted by atomic mass is 32.2. The van der Waals surface area contributed by atoms with Gasteiger partial charge in [0, 0.05) is 5.57 Å². The van der Waals surface area contributed by atoms with Gasteiger partial charge in [-0.15, -0.1) is 0 Å². The molecule has 0 atom stereocenters. The summed E-state index contributed by atoms with van der Waals surface area (Å²) in [6.45, 7) is 3.02. The van der Waals surface area contributed by atoms with Crippen molar-refractivity contribution in [2.45, 2.75) is 30.2 Å². The summed E-state index contributed by atoms with van der Waals surface area (Å²) in [5.74, 6) is -0.733. The Kier molecular flexibility index (Phi) is 7.16. The second-order valence-corrected chi connectivity index (χ2v) is 12.1. The molecule has 42 heavy (non-hydrogen) atoms. The van der Waals surface area contributed by atoms with E-state index in [1.54, 1.807) is 12.1 Å². The Morgan fingerprint density at radius 3 is 2.21 bits per heavy atom. The third kappa shape index (κ3) is 5.39. The van der Waals surface area contributed by atoms with Crippen molar-refractivity contribution in [1.82, 2.24) is 9.55 Å². The minimum atomic E-state index is -4.73. The van der Waals surface area contributed by atoms with Crippen LogP contribution in [0.25, 0.3) is 16.6 Å². The number of azo groups is 1. The van der Waals surface area contributed by atoms with E-state index in [0.717, 1.165) is 28.3 Å². The molecule has 2 heterocycles. The number of fused-ring (bicyclic) bond motifs is 3. The van der Waals surface area contributed by atoms with Crippen LogP contribution in [0.2, 0.25) is 0 Å². The molecule has 2 N–H and O–H groups in total. The van der Waals surface area contributed by atoms with E-state index in [0.29, 0.717) is 5.69 Å². The maximum atomic E-state index is 13.5. The van der Waals surface area contributed by atoms with E-state index in [1.807, 2.05) is 25.1 Å². The lowest BCUT2D eigenvalue weighted by Gasteiger charge is -2.17. The highest BCUT2D eigenvalue weighted by Crippen LogP contribution is 2.31. The van der Waals surface area contributed by atoms with E-state index in [1.165, 1.54) is 25.1 Å². The molecule has 3 aromatic carbocycles. The number of benzene rings is 3. The molecule has 13 nitrogen and oxygen atoms in total. The number of aromatic nitrogens is 2. The van der Waals surface area contributed by atoms with Crippen LogP contribution in [0.3, 0.4) is 0 Å². The molecule has 0 saturated carbocycles. The second kappa shape index (κ2) is 10.5. The van der Waals surface area contributed by atoms with E-state index >= 15 is 0 Å². The molecule has 0 spiro atoms. The van der Waals surface area contributed by atoms with Crippen LogP contribution in [-0.2, 0) is 26.8 Å². The molecule has 1 aromatic heterocycles. The molecule has 4 aromatic rings. The number of imidazole rings is 1. The molecular formula is C27H20N6O7S2. The third-order valence-electron chi connectivity index (χ3n) is 6.45. The Morgan fingerprint density at radius 2 is 1.57 bits per heavy atom. The summed E-state index contributed by atoms with van der Waals surface area (Å²) in [6.07, 6.45) is 0. The maximum Gasteiger partial charge on any atom is 0.294 e. The van der Waals surface area contributed by atoms with Gasteiger partial charge in [0.25, 0.3) is 26.1 Å². The van der Waals surface area contributed by atoms with Crippen molar-refractivity contribution < 1.29 is 30.7 Å². The topological polar surface area (TPSA) is 204 Å². The van der Waals surface area contributed by atoms with Crippen LogP contribution in [-0.4, -0.2) is 47.1 Å². The quantitative estimate of drug-likeness (QED) is 0.228. The summed E-state index contributed by atoms with van der Waals surface area (Å²) in [6, 6.07) is 16.5. The summed E-state index contributed by atoms with van der Waals surface area (Å²) in [5.41, 5.74) is 1.96. The molecule has 1 aliphatic heterocycles. The third-order valence-corrected chi connectivity index (χ3v) is 8.23. The van der Waals surface area contributed by atoms with Crippen LogP contribution in [0.5, 0.6) is 0 Å². The van der Waals surface area contributed by atoms with Gasteiger partial charge >= 0.3 is 0 Å². The van der Waals surface area contributed by atoms with Gasteiger partial charge in [0.05, 0.1) is 33.8 Å². The number of aliphatic imine (C=N–C) groups is 1. The second-order valence-electron chi connectivity index (χ2n) is 9.28. The zero-order chi connectivity index (χ0) is 30.4. The van der Waals surface area contributed by atoms with Crippen molar-refractivity contribution in [3.8, 4) is 6.07 Å². The highest BCUT2D eigenvalue weighted by molar-refractivity contribution is 7.86. The molecule has 0 unspecified atom stereocenters. The van der Waals surface area contributed by atoms with Crippen molar-refractivity contribution in [1.29, 1.82) is 5.26 Å². The van der Waals surface area contributed by atoms with E-state index in [4.69, 9.17) is 0 Å². The molecule has 0 amide bonds. The van der Waals surface area contributed by atoms with Crippen LogP contribution >= 0.6 is 0 Å². The van der Waals surface area contributed by atoms with E-state index < -0.39 is 35.9 Å². The number of carbonyl (C=O) groups is 1. The predicted molar refractivity (Wildman–Crippen MR) is 151 cm³/mol. The van der Waals surface area contributed by atoms with Crippen molar-refractivity contribution in [2.75, 3.05) is 0 Å². The Hall–Kier alpha value is -4.88. The first-order chi connectivity index (χ1) is 19.8. The highest BCUT2D eigenvalue weighted by Gasteiger charge is 2.32. The van der Waals surface area contributed by atoms with Gasteiger partial charge in [-0.2, -0.15) is 32.3 Å². The number of hydrogen-bond acceptors (Lipinski definition) is 10. The molecule has 0 bridgehead atoms. The van der Waals surface area contributed by atoms with Gasteiger partial charge in [-0.3, -0.25) is 23.5 Å². The first-order valence-electron chi connectivity index (χ1n) is 12.1. The lowest BCUT2D eigenvalue weighted by molar-refractivity contribution is 0.0992. The molecule has 0 fully saturated rings. The van der Waals surface area contributed by atoms with Crippen molar-refractivity contribution in [2.24, 2.45) is 15.2 Å². The lowest BCUT2D eigenvalue weighted by atomic mass is 10.0. The lowest BCUT2D eigenvalue weighted by Crippen LogP contribution is -2.29. The fourth-order valence-electron chi connectivity index (χ4n) is 4.33. The molecular weight excluding hydrogens is 584 g/mol. The SMILES string of the molecule is CC1=C(C#N)c2nc3cc(S(=O)(=O)O)ccc3n2C(=O)C1=NCc1ccc(N=Nc2ccc(C)cc2)cc1S(=O)(=O)O. The summed E-state index contributed by atoms with van der Waals surface area (Å²) in [5, 5.41) is 17.9. The molecule has 0 aliphatic carbocycles. The summed E-state index contributed by atoms with van der Waals surface area (Å²) < 4.78 is 67.9. The first-order valence-corrected chi connectivity index (χ1v) is 15.0. The average molecular weight is 605 g/mol. The summed E-state index contributed by atoms with van der Waals surface area (Å²) >= 11 is 0. The molecule has 0 radical (unpaired) electrons. The van der Waals surface area contributed by atoms with Crippen LogP contribution in [0.4, 0.5) is 11.4 Å². The monoisotopic (exact) mass is 604 g/mol. The molecule has 5 rings (SSSR count). The fourth-order valence-corrected chi connectivity index (χ4v) is 5.57. The Bertz CT molecular complexity index is 2160. The molecule has 15 heteroatoms. The van der Waals surface area contributed by atoms with Gasteiger partial charge in [-0.25, -0.2) is 4.98 Å². The van der Waals surface area contributed by atoms with Crippen LogP contribution in [0.15, 0.2) is 91.2 Å². The van der Waals surface area contributed by atoms with Crippen LogP contribution < -0.4 is 0 Å². The number of aryl methyl sites for hydroxylation is 1. The number of carbonyl (C=O) groups excluding carboxylic acids is 1. The number of nitriles is 1. The number of hydrogen-bond donors (Lipinski definition) is 2. The van der Waals surface area contributed by atoms with Crippen LogP contribution in [0.1, 0.15) is 28.7 Å². The van der Waals surface area contributed by atoms with Crippen molar-refractivity contribution in [3.05, 3.63) is 83.2 Å². The van der Waals surface area contributed by atoms with Gasteiger partial charge in [0.1, 0.15) is 22.2 Å². The number of rotatable bonds is 6. The van der Waals surface area contributed by atoms with E-state index in [-0.39, 0.29) is 51.5 Å². The molecule has 212 valence electrons. The van der Waals surface area contributed by atoms with Crippen molar-refractivity contribution >= 4 is 59.8 Å². The zero-order valence-electron chi connectivity index (χ0n) is 21.9. The Labute approximate surface area is 239 Å². The zero-order valence-corrected chi connectivity index (χ0v) is 23.5. The van der Waals surface area contributed by atoms with E-state index in [2.05, 4.69) is 20.2 Å². The normalized spacial score (nSPS) is 15.0. The fraction of sp³-hybridized carbons (Fsp3) is 0.111. The van der Waals surface area contributed by atoms with Gasteiger partial charge in [0.2, 0.25) is 0 Å². The summed E-state index contributed by atoms with van der Waals surface area (Å²) in [4.78, 5) is 21.1. The minimum Gasteiger partial charge on any atom is -0.282 e. The first kappa shape index (κ1) is 28.6. The maximum absolute atomic E-state index is 13.5.